The fraction of sp³-hybridized carbons (Fsp3) is 0.545. The molecule has 27 heavy (non-hydrogen) atoms. The molecule has 4 rings (SSSR count). The number of rotatable bonds is 4. The monoisotopic (exact) mass is 366 g/mol. The van der Waals surface area contributed by atoms with E-state index in [-0.39, 0.29) is 6.03 Å². The molecule has 2 aliphatic rings. The molecule has 5 nitrogen and oxygen atoms in total. The van der Waals surface area contributed by atoms with Gasteiger partial charge < -0.3 is 4.90 Å². The zero-order valence-electron chi connectivity index (χ0n) is 16.4. The van der Waals surface area contributed by atoms with Gasteiger partial charge in [0, 0.05) is 24.8 Å². The van der Waals surface area contributed by atoms with Crippen molar-refractivity contribution >= 4 is 11.8 Å². The summed E-state index contributed by atoms with van der Waals surface area (Å²) in [5.74, 6) is 1.27. The number of hydrogen-bond acceptors (Lipinski definition) is 2. The van der Waals surface area contributed by atoms with Crippen molar-refractivity contribution in [2.75, 3.05) is 18.4 Å². The molecule has 1 saturated carbocycles. The zero-order valence-corrected chi connectivity index (χ0v) is 16.4. The smallest absolute Gasteiger partial charge is 0.323 e. The molecule has 0 unspecified atom stereocenters. The molecule has 5 heteroatoms. The number of carbonyl (C=O) groups is 1. The van der Waals surface area contributed by atoms with E-state index in [0.717, 1.165) is 25.1 Å². The highest BCUT2D eigenvalue weighted by molar-refractivity contribution is 5.89. The Morgan fingerprint density at radius 2 is 1.81 bits per heavy atom. The Balaban J connectivity index is 1.29. The molecule has 1 aliphatic heterocycles. The number of aryl methyl sites for hydroxylation is 2. The summed E-state index contributed by atoms with van der Waals surface area (Å²) in [4.78, 5) is 14.4. The maximum atomic E-state index is 12.5. The Labute approximate surface area is 161 Å². The number of urea groups is 1. The number of amides is 2. The summed E-state index contributed by atoms with van der Waals surface area (Å²) in [6, 6.07) is 9.17. The number of nitrogens with zero attached hydrogens (tertiary/aromatic N) is 3. The molecule has 1 aromatic heterocycles. The van der Waals surface area contributed by atoms with E-state index in [4.69, 9.17) is 0 Å². The van der Waals surface area contributed by atoms with Gasteiger partial charge in [-0.25, -0.2) is 4.79 Å². The summed E-state index contributed by atoms with van der Waals surface area (Å²) < 4.78 is 2.07. The molecular formula is C22H30N4O. The van der Waals surface area contributed by atoms with Crippen molar-refractivity contribution in [2.45, 2.75) is 58.4 Å². The number of likely N-dealkylation sites (tertiary alicyclic amines) is 1. The molecule has 1 aliphatic carbocycles. The van der Waals surface area contributed by atoms with E-state index >= 15 is 0 Å². The number of nitrogens with one attached hydrogen (secondary N) is 1. The first-order chi connectivity index (χ1) is 13.1. The largest absolute Gasteiger partial charge is 0.324 e. The SMILES string of the molecule is Cc1ccc(CC2CN(C(=O)Nc3nn(C4CCCCC4)cc3C)C2)cc1. The topological polar surface area (TPSA) is 50.2 Å². The van der Waals surface area contributed by atoms with Gasteiger partial charge in [0.15, 0.2) is 5.82 Å². The van der Waals surface area contributed by atoms with Crippen LogP contribution in [0.25, 0.3) is 0 Å². The van der Waals surface area contributed by atoms with Crippen LogP contribution in [-0.2, 0) is 6.42 Å². The van der Waals surface area contributed by atoms with Crippen molar-refractivity contribution in [3.05, 3.63) is 47.2 Å². The Kier molecular flexibility index (Phi) is 5.19. The van der Waals surface area contributed by atoms with E-state index in [0.29, 0.717) is 17.8 Å². The second-order valence-electron chi connectivity index (χ2n) is 8.32. The third kappa shape index (κ3) is 4.18. The minimum Gasteiger partial charge on any atom is -0.324 e. The van der Waals surface area contributed by atoms with Crippen molar-refractivity contribution in [3.63, 3.8) is 0 Å². The maximum Gasteiger partial charge on any atom is 0.323 e. The molecule has 0 radical (unpaired) electrons. The normalized spacial score (nSPS) is 18.4. The standard InChI is InChI=1S/C22H30N4O/c1-16-8-10-18(11-9-16)12-19-14-25(15-19)22(27)23-21-17(2)13-26(24-21)20-6-4-3-5-7-20/h8-11,13,19-20H,3-7,12,14-15H2,1-2H3,(H,23,24,27). The van der Waals surface area contributed by atoms with Crippen molar-refractivity contribution in [1.82, 2.24) is 14.7 Å². The van der Waals surface area contributed by atoms with Crippen LogP contribution in [0.15, 0.2) is 30.5 Å². The summed E-state index contributed by atoms with van der Waals surface area (Å²) in [6.45, 7) is 5.78. The molecule has 2 aromatic rings. The minimum atomic E-state index is -0.0212. The van der Waals surface area contributed by atoms with Crippen LogP contribution in [0, 0.1) is 19.8 Å². The first kappa shape index (κ1) is 18.1. The first-order valence-corrected chi connectivity index (χ1v) is 10.3. The predicted octanol–water partition coefficient (Wildman–Crippen LogP) is 4.71. The molecule has 2 amide bonds. The molecule has 1 N–H and O–H groups in total. The second kappa shape index (κ2) is 7.75. The van der Waals surface area contributed by atoms with Gasteiger partial charge in [-0.3, -0.25) is 10.00 Å². The molecule has 2 fully saturated rings. The lowest BCUT2D eigenvalue weighted by molar-refractivity contribution is 0.131. The van der Waals surface area contributed by atoms with E-state index in [1.807, 2.05) is 11.8 Å². The van der Waals surface area contributed by atoms with Crippen LogP contribution in [0.3, 0.4) is 0 Å². The fourth-order valence-corrected chi connectivity index (χ4v) is 4.24. The van der Waals surface area contributed by atoms with E-state index in [1.54, 1.807) is 0 Å². The summed E-state index contributed by atoms with van der Waals surface area (Å²) in [5, 5.41) is 7.69. The highest BCUT2D eigenvalue weighted by atomic mass is 16.2. The molecular weight excluding hydrogens is 336 g/mol. The van der Waals surface area contributed by atoms with Crippen molar-refractivity contribution in [2.24, 2.45) is 5.92 Å². The Hall–Kier alpha value is -2.30. The van der Waals surface area contributed by atoms with Gasteiger partial charge in [0.25, 0.3) is 0 Å². The van der Waals surface area contributed by atoms with Crippen LogP contribution >= 0.6 is 0 Å². The van der Waals surface area contributed by atoms with Crippen LogP contribution in [-0.4, -0.2) is 33.8 Å². The summed E-state index contributed by atoms with van der Waals surface area (Å²) in [6.07, 6.45) is 9.41. The summed E-state index contributed by atoms with van der Waals surface area (Å²) in [7, 11) is 0. The van der Waals surface area contributed by atoms with Crippen molar-refractivity contribution < 1.29 is 4.79 Å². The van der Waals surface area contributed by atoms with Crippen LogP contribution in [0.1, 0.15) is 54.8 Å². The second-order valence-corrected chi connectivity index (χ2v) is 8.32. The van der Waals surface area contributed by atoms with E-state index in [9.17, 15) is 4.79 Å². The molecule has 0 atom stereocenters. The quantitative estimate of drug-likeness (QED) is 0.852. The predicted molar refractivity (Wildman–Crippen MR) is 108 cm³/mol. The van der Waals surface area contributed by atoms with Crippen LogP contribution in [0.2, 0.25) is 0 Å². The average Bonchev–Trinajstić information content (AvgIpc) is 3.00. The van der Waals surface area contributed by atoms with Gasteiger partial charge in [0.1, 0.15) is 0 Å². The maximum absolute atomic E-state index is 12.5. The third-order valence-corrected chi connectivity index (χ3v) is 5.98. The van der Waals surface area contributed by atoms with E-state index < -0.39 is 0 Å². The van der Waals surface area contributed by atoms with Gasteiger partial charge in [0.05, 0.1) is 6.04 Å². The molecule has 1 saturated heterocycles. The number of hydrogen-bond donors (Lipinski definition) is 1. The molecule has 0 spiro atoms. The molecule has 144 valence electrons. The van der Waals surface area contributed by atoms with Gasteiger partial charge >= 0.3 is 6.03 Å². The van der Waals surface area contributed by atoms with Crippen LogP contribution in [0.5, 0.6) is 0 Å². The average molecular weight is 367 g/mol. The minimum absolute atomic E-state index is 0.0212. The lowest BCUT2D eigenvalue weighted by atomic mass is 9.92. The number of aromatic nitrogens is 2. The first-order valence-electron chi connectivity index (χ1n) is 10.3. The third-order valence-electron chi connectivity index (χ3n) is 5.98. The Morgan fingerprint density at radius 3 is 2.52 bits per heavy atom. The van der Waals surface area contributed by atoms with E-state index in [2.05, 4.69) is 52.5 Å². The molecule has 1 aromatic carbocycles. The number of anilines is 1. The van der Waals surface area contributed by atoms with Gasteiger partial charge in [-0.05, 0) is 44.6 Å². The summed E-state index contributed by atoms with van der Waals surface area (Å²) >= 11 is 0. The summed E-state index contributed by atoms with van der Waals surface area (Å²) in [5.41, 5.74) is 3.69. The van der Waals surface area contributed by atoms with E-state index in [1.165, 1.54) is 43.2 Å². The highest BCUT2D eigenvalue weighted by Gasteiger charge is 2.31. The highest BCUT2D eigenvalue weighted by Crippen LogP contribution is 2.29. The number of carbonyl (C=O) groups excluding carboxylic acids is 1. The van der Waals surface area contributed by atoms with Crippen LogP contribution in [0.4, 0.5) is 10.6 Å². The fourth-order valence-electron chi connectivity index (χ4n) is 4.24. The van der Waals surface area contributed by atoms with Gasteiger partial charge in [-0.1, -0.05) is 49.1 Å². The van der Waals surface area contributed by atoms with Crippen molar-refractivity contribution in [1.29, 1.82) is 0 Å². The zero-order chi connectivity index (χ0) is 18.8. The van der Waals surface area contributed by atoms with Gasteiger partial charge in [0.2, 0.25) is 0 Å². The lowest BCUT2D eigenvalue weighted by Crippen LogP contribution is -2.52. The Bertz CT molecular complexity index is 783. The lowest BCUT2D eigenvalue weighted by Gasteiger charge is -2.39. The number of benzene rings is 1. The van der Waals surface area contributed by atoms with Gasteiger partial charge in [-0.2, -0.15) is 5.10 Å². The molecule has 2 heterocycles. The molecule has 0 bridgehead atoms. The van der Waals surface area contributed by atoms with Gasteiger partial charge in [-0.15, -0.1) is 0 Å². The van der Waals surface area contributed by atoms with Crippen molar-refractivity contribution in [3.8, 4) is 0 Å². The van der Waals surface area contributed by atoms with Crippen LogP contribution < -0.4 is 5.32 Å². The Morgan fingerprint density at radius 1 is 1.11 bits per heavy atom.